The van der Waals surface area contributed by atoms with Crippen LogP contribution in [-0.4, -0.2) is 31.7 Å². The molecule has 11 heterocycles. The summed E-state index contributed by atoms with van der Waals surface area (Å²) >= 11 is 0. The van der Waals surface area contributed by atoms with Crippen molar-refractivity contribution in [3.63, 3.8) is 0 Å². The molecule has 1 N–H and O–H groups in total. The maximum absolute atomic E-state index is 3.20. The van der Waals surface area contributed by atoms with Crippen molar-refractivity contribution in [2.75, 3.05) is 26.8 Å². The van der Waals surface area contributed by atoms with E-state index >= 15 is 0 Å². The van der Waals surface area contributed by atoms with E-state index in [9.17, 15) is 0 Å². The van der Waals surface area contributed by atoms with Crippen molar-refractivity contribution >= 4 is 0 Å². The van der Waals surface area contributed by atoms with Crippen LogP contribution in [0.15, 0.2) is 0 Å². The van der Waals surface area contributed by atoms with Gasteiger partial charge in [0.25, 0.3) is 0 Å². The predicted octanol–water partition coefficient (Wildman–Crippen LogP) is 2.85. The van der Waals surface area contributed by atoms with Gasteiger partial charge in [-0.2, -0.15) is 0 Å². The fourth-order valence-electron chi connectivity index (χ4n) is 16.4. The number of nitrogens with zero attached hydrogens (tertiary/aromatic N) is 1. The first-order chi connectivity index (χ1) is 8.05. The van der Waals surface area contributed by atoms with E-state index in [1.54, 1.807) is 48.2 Å². The van der Waals surface area contributed by atoms with Gasteiger partial charge >= 0.3 is 54.7 Å². The van der Waals surface area contributed by atoms with Crippen molar-refractivity contribution in [2.24, 2.45) is 0 Å². The zero-order valence-corrected chi connectivity index (χ0v) is 11.3. The molecule has 0 unspecified atom stereocenters. The van der Waals surface area contributed by atoms with Crippen molar-refractivity contribution < 1.29 is 6.51 Å². The number of hydrogen-bond acceptors (Lipinski definition) is 2. The molecule has 11 saturated heterocycles. The second-order valence-corrected chi connectivity index (χ2v) is 35.2. The SMILES string of the molecule is CN1CCNC1.[CH]12[CH]3[CH]4[CH]5[CH]1[Fe]23451678[CH]2[CH]1[CH]6[CH]7[CH]28. The van der Waals surface area contributed by atoms with Gasteiger partial charge in [0, 0.05) is 19.8 Å². The molecule has 0 radical (unpaired) electrons. The fourth-order valence-corrected chi connectivity index (χ4v) is 88.6. The third-order valence-corrected chi connectivity index (χ3v) is 57.5. The summed E-state index contributed by atoms with van der Waals surface area (Å²) < 4.78 is 0. The number of nitrogens with one attached hydrogen (secondary N) is 1. The summed E-state index contributed by atoms with van der Waals surface area (Å²) in [5.41, 5.74) is 0. The van der Waals surface area contributed by atoms with Crippen molar-refractivity contribution in [3.8, 4) is 0 Å². The topological polar surface area (TPSA) is 15.3 Å². The van der Waals surface area contributed by atoms with Crippen LogP contribution in [-0.2, 0) is 6.51 Å². The van der Waals surface area contributed by atoms with Crippen molar-refractivity contribution in [3.05, 3.63) is 0 Å². The first-order valence-corrected chi connectivity index (χ1v) is 14.0. The summed E-state index contributed by atoms with van der Waals surface area (Å²) in [4.78, 5) is 18.2. The zero-order valence-electron chi connectivity index (χ0n) is 10.2. The molecule has 0 saturated carbocycles. The summed E-state index contributed by atoms with van der Waals surface area (Å²) in [5, 5.41) is 3.20. The van der Waals surface area contributed by atoms with Crippen LogP contribution in [0.1, 0.15) is 0 Å². The molecule has 0 bridgehead atoms. The molecule has 0 aromatic carbocycles. The van der Waals surface area contributed by atoms with E-state index in [1.807, 2.05) is 0 Å². The molecule has 0 atom stereocenters. The first-order valence-electron chi connectivity index (χ1n) is 7.66. The van der Waals surface area contributed by atoms with Gasteiger partial charge in [-0.05, 0) is 7.05 Å². The van der Waals surface area contributed by atoms with Crippen LogP contribution in [0.3, 0.4) is 0 Å². The van der Waals surface area contributed by atoms with Crippen molar-refractivity contribution in [1.82, 2.24) is 10.2 Å². The molecule has 11 rings (SSSR count). The van der Waals surface area contributed by atoms with Crippen LogP contribution in [0.2, 0.25) is 48.2 Å². The number of rotatable bonds is 0. The van der Waals surface area contributed by atoms with E-state index in [4.69, 9.17) is 0 Å². The average Bonchev–Trinajstić information content (AvgIpc) is 3.24. The Labute approximate surface area is 91.8 Å². The van der Waals surface area contributed by atoms with Crippen molar-refractivity contribution in [1.29, 1.82) is 0 Å². The van der Waals surface area contributed by atoms with Crippen LogP contribution in [0.5, 0.6) is 0 Å². The monoisotopic (exact) mass is 272 g/mol. The van der Waals surface area contributed by atoms with E-state index in [0.717, 1.165) is 13.2 Å². The normalized spacial score (nSPS) is 120. The molecule has 11 aliphatic heterocycles. The summed E-state index contributed by atoms with van der Waals surface area (Å²) in [5.74, 6) is 0. The van der Waals surface area contributed by atoms with Gasteiger partial charge in [-0.25, -0.2) is 0 Å². The molecule has 0 aromatic heterocycles. The van der Waals surface area contributed by atoms with E-state index in [1.165, 1.54) is 6.54 Å². The van der Waals surface area contributed by atoms with Gasteiger partial charge in [-0.1, -0.05) is 0 Å². The van der Waals surface area contributed by atoms with E-state index in [2.05, 4.69) is 17.3 Å². The summed E-state index contributed by atoms with van der Waals surface area (Å²) in [6.45, 7) is 1.16. The van der Waals surface area contributed by atoms with Crippen LogP contribution in [0.4, 0.5) is 0 Å². The third-order valence-electron chi connectivity index (χ3n) is 15.6. The van der Waals surface area contributed by atoms with Crippen LogP contribution < -0.4 is 5.32 Å². The molecule has 0 aliphatic carbocycles. The third kappa shape index (κ3) is 0.0797. The van der Waals surface area contributed by atoms with Crippen molar-refractivity contribution in [2.45, 2.75) is 48.2 Å². The zero-order chi connectivity index (χ0) is 10.5. The molecule has 0 aromatic rings. The Hall–Kier alpha value is 0.439. The Balaban J connectivity index is 0.0000000917. The number of fused-ring (bicyclic) bond motifs is 10. The van der Waals surface area contributed by atoms with Crippen LogP contribution in [0, 0.1) is 0 Å². The minimum absolute atomic E-state index is 1.07. The summed E-state index contributed by atoms with van der Waals surface area (Å²) in [6, 6.07) is 0. The van der Waals surface area contributed by atoms with Gasteiger partial charge in [0.2, 0.25) is 0 Å². The maximum atomic E-state index is 3.20. The van der Waals surface area contributed by atoms with Crippen LogP contribution >= 0.6 is 0 Å². The molecule has 94 valence electrons. The molecule has 11 aliphatic rings. The fraction of sp³-hybridized carbons (Fsp3) is 1.00. The molecule has 0 amide bonds. The quantitative estimate of drug-likeness (QED) is 0.682. The standard InChI is InChI=1S/2C5H5.C4H10N2.Fe/c2*1-2-4-5-3-1;1-6-3-2-5-4-6;/h2*1-5H;5H,2-4H2,1H3;. The van der Waals surface area contributed by atoms with E-state index in [0.29, 0.717) is 0 Å². The molecule has 2 nitrogen and oxygen atoms in total. The average molecular weight is 272 g/mol. The Morgan fingerprint density at radius 3 is 1.29 bits per heavy atom. The molecule has 1 spiro atoms. The molecule has 3 heteroatoms. The first kappa shape index (κ1) is 6.74. The Bertz CT molecular complexity index is 684. The second kappa shape index (κ2) is 0.577. The second-order valence-electron chi connectivity index (χ2n) is 11.3. The Kier molecular flexibility index (Phi) is 0.229. The minimum atomic E-state index is -2.28. The van der Waals surface area contributed by atoms with Gasteiger partial charge in [-0.3, -0.25) is 4.90 Å². The van der Waals surface area contributed by atoms with Gasteiger partial charge in [0.1, 0.15) is 0 Å². The summed E-state index contributed by atoms with van der Waals surface area (Å²) in [7, 11) is 2.11. The predicted molar refractivity (Wildman–Crippen MR) is 63.0 cm³/mol. The Morgan fingerprint density at radius 1 is 0.824 bits per heavy atom. The van der Waals surface area contributed by atoms with E-state index < -0.39 is 6.51 Å². The number of hydrogen-bond donors (Lipinski definition) is 1. The number of likely N-dealkylation sites (N-methyl/N-ethyl adjacent to an activating group) is 1. The van der Waals surface area contributed by atoms with Gasteiger partial charge in [-0.15, -0.1) is 0 Å². The molecular formula is C14H20FeN2. The van der Waals surface area contributed by atoms with Gasteiger partial charge < -0.3 is 5.32 Å². The van der Waals surface area contributed by atoms with Crippen LogP contribution in [0.25, 0.3) is 0 Å². The van der Waals surface area contributed by atoms with Gasteiger partial charge in [0.05, 0.1) is 0 Å². The van der Waals surface area contributed by atoms with E-state index in [-0.39, 0.29) is 0 Å². The van der Waals surface area contributed by atoms with Gasteiger partial charge in [0.15, 0.2) is 0 Å². The molecular weight excluding hydrogens is 252 g/mol. The molecule has 17 heavy (non-hydrogen) atoms. The summed E-state index contributed by atoms with van der Waals surface area (Å²) in [6.07, 6.45) is 0. The molecule has 11 fully saturated rings. The Morgan fingerprint density at radius 2 is 1.24 bits per heavy atom.